The van der Waals surface area contributed by atoms with Crippen molar-refractivity contribution >= 4 is 5.91 Å². The van der Waals surface area contributed by atoms with Crippen molar-refractivity contribution in [3.05, 3.63) is 35.6 Å². The molecule has 0 saturated heterocycles. The van der Waals surface area contributed by atoms with E-state index < -0.39 is 5.41 Å². The van der Waals surface area contributed by atoms with Gasteiger partial charge < -0.3 is 10.6 Å². The quantitative estimate of drug-likeness (QED) is 0.836. The maximum absolute atomic E-state index is 13.0. The molecule has 1 atom stereocenters. The zero-order chi connectivity index (χ0) is 16.0. The van der Waals surface area contributed by atoms with Crippen LogP contribution in [0.5, 0.6) is 0 Å². The molecule has 0 radical (unpaired) electrons. The summed E-state index contributed by atoms with van der Waals surface area (Å²) >= 11 is 0. The molecule has 1 rings (SSSR count). The SMILES string of the molecule is CCN(C(=O)C(CC)(CC)CN)C(C)c1ccc(F)cc1. The molecule has 2 N–H and O–H groups in total. The van der Waals surface area contributed by atoms with Crippen LogP contribution in [-0.2, 0) is 4.79 Å². The van der Waals surface area contributed by atoms with Crippen molar-refractivity contribution in [2.45, 2.75) is 46.6 Å². The van der Waals surface area contributed by atoms with Crippen LogP contribution in [0.25, 0.3) is 0 Å². The van der Waals surface area contributed by atoms with Crippen molar-refractivity contribution in [2.75, 3.05) is 13.1 Å². The molecule has 0 aliphatic rings. The molecule has 0 heterocycles. The van der Waals surface area contributed by atoms with Gasteiger partial charge in [0.25, 0.3) is 0 Å². The van der Waals surface area contributed by atoms with Crippen molar-refractivity contribution in [1.29, 1.82) is 0 Å². The van der Waals surface area contributed by atoms with Gasteiger partial charge in [-0.15, -0.1) is 0 Å². The van der Waals surface area contributed by atoms with Crippen LogP contribution in [0, 0.1) is 11.2 Å². The Morgan fingerprint density at radius 1 is 1.24 bits per heavy atom. The zero-order valence-electron chi connectivity index (χ0n) is 13.5. The Morgan fingerprint density at radius 2 is 1.76 bits per heavy atom. The Kier molecular flexibility index (Phi) is 6.34. The van der Waals surface area contributed by atoms with Gasteiger partial charge in [0.05, 0.1) is 11.5 Å². The molecular formula is C17H27FN2O. The number of amides is 1. The van der Waals surface area contributed by atoms with Crippen LogP contribution in [0.15, 0.2) is 24.3 Å². The third-order valence-corrected chi connectivity index (χ3v) is 4.62. The van der Waals surface area contributed by atoms with Gasteiger partial charge in [-0.3, -0.25) is 4.79 Å². The van der Waals surface area contributed by atoms with Gasteiger partial charge in [0.2, 0.25) is 5.91 Å². The van der Waals surface area contributed by atoms with E-state index in [1.165, 1.54) is 12.1 Å². The van der Waals surface area contributed by atoms with E-state index in [-0.39, 0.29) is 17.8 Å². The van der Waals surface area contributed by atoms with Crippen molar-refractivity contribution < 1.29 is 9.18 Å². The monoisotopic (exact) mass is 294 g/mol. The Bertz CT molecular complexity index is 446. The summed E-state index contributed by atoms with van der Waals surface area (Å²) < 4.78 is 13.0. The number of benzene rings is 1. The van der Waals surface area contributed by atoms with Crippen molar-refractivity contribution in [3.63, 3.8) is 0 Å². The predicted molar refractivity (Wildman–Crippen MR) is 84.3 cm³/mol. The Balaban J connectivity index is 3.06. The summed E-state index contributed by atoms with van der Waals surface area (Å²) in [6, 6.07) is 6.24. The zero-order valence-corrected chi connectivity index (χ0v) is 13.5. The first-order valence-corrected chi connectivity index (χ1v) is 7.72. The molecule has 0 fully saturated rings. The van der Waals surface area contributed by atoms with Gasteiger partial charge in [-0.05, 0) is 44.4 Å². The normalized spacial score (nSPS) is 13.0. The first kappa shape index (κ1) is 17.6. The Morgan fingerprint density at radius 3 is 2.14 bits per heavy atom. The van der Waals surface area contributed by atoms with Gasteiger partial charge in [-0.25, -0.2) is 4.39 Å². The van der Waals surface area contributed by atoms with Crippen molar-refractivity contribution in [3.8, 4) is 0 Å². The minimum absolute atomic E-state index is 0.0906. The van der Waals surface area contributed by atoms with Crippen LogP contribution >= 0.6 is 0 Å². The lowest BCUT2D eigenvalue weighted by Gasteiger charge is -2.38. The number of carbonyl (C=O) groups excluding carboxylic acids is 1. The Hall–Kier alpha value is -1.42. The van der Waals surface area contributed by atoms with Crippen LogP contribution in [0.1, 0.15) is 52.1 Å². The number of halogens is 1. The molecule has 3 nitrogen and oxygen atoms in total. The first-order chi connectivity index (χ1) is 9.95. The molecular weight excluding hydrogens is 267 g/mol. The first-order valence-electron chi connectivity index (χ1n) is 7.72. The van der Waals surface area contributed by atoms with Gasteiger partial charge in [-0.2, -0.15) is 0 Å². The second-order valence-corrected chi connectivity index (χ2v) is 5.51. The molecule has 21 heavy (non-hydrogen) atoms. The molecule has 0 aliphatic heterocycles. The highest BCUT2D eigenvalue weighted by molar-refractivity contribution is 5.83. The number of nitrogens with two attached hydrogens (primary N) is 1. The maximum Gasteiger partial charge on any atom is 0.230 e. The van der Waals surface area contributed by atoms with Crippen LogP contribution in [0.3, 0.4) is 0 Å². The van der Waals surface area contributed by atoms with E-state index >= 15 is 0 Å². The number of nitrogens with zero attached hydrogens (tertiary/aromatic N) is 1. The summed E-state index contributed by atoms with van der Waals surface area (Å²) in [7, 11) is 0. The largest absolute Gasteiger partial charge is 0.336 e. The smallest absolute Gasteiger partial charge is 0.230 e. The topological polar surface area (TPSA) is 46.3 Å². The average molecular weight is 294 g/mol. The van der Waals surface area contributed by atoms with Gasteiger partial charge in [0.15, 0.2) is 0 Å². The molecule has 0 saturated carbocycles. The van der Waals surface area contributed by atoms with E-state index in [0.29, 0.717) is 13.1 Å². The van der Waals surface area contributed by atoms with Crippen LogP contribution in [-0.4, -0.2) is 23.9 Å². The van der Waals surface area contributed by atoms with Gasteiger partial charge in [0.1, 0.15) is 5.82 Å². The molecule has 118 valence electrons. The summed E-state index contributed by atoms with van der Waals surface area (Å²) in [5.41, 5.74) is 6.32. The molecule has 0 spiro atoms. The highest BCUT2D eigenvalue weighted by Crippen LogP contribution is 2.31. The number of carbonyl (C=O) groups is 1. The highest BCUT2D eigenvalue weighted by Gasteiger charge is 2.38. The second kappa shape index (κ2) is 7.55. The van der Waals surface area contributed by atoms with Crippen LogP contribution < -0.4 is 5.73 Å². The lowest BCUT2D eigenvalue weighted by Crippen LogP contribution is -2.48. The van der Waals surface area contributed by atoms with Crippen LogP contribution in [0.4, 0.5) is 4.39 Å². The maximum atomic E-state index is 13.0. The average Bonchev–Trinajstić information content (AvgIpc) is 2.51. The van der Waals surface area contributed by atoms with E-state index in [1.54, 1.807) is 12.1 Å². The number of hydrogen-bond acceptors (Lipinski definition) is 2. The molecule has 1 unspecified atom stereocenters. The standard InChI is InChI=1S/C17H27FN2O/c1-5-17(6-2,12-19)16(21)20(7-3)13(4)14-8-10-15(18)11-9-14/h8-11,13H,5-7,12,19H2,1-4H3. The van der Waals surface area contributed by atoms with Crippen LogP contribution in [0.2, 0.25) is 0 Å². The van der Waals surface area contributed by atoms with E-state index in [1.807, 2.05) is 32.6 Å². The van der Waals surface area contributed by atoms with Gasteiger partial charge >= 0.3 is 0 Å². The second-order valence-electron chi connectivity index (χ2n) is 5.51. The van der Waals surface area contributed by atoms with E-state index in [9.17, 15) is 9.18 Å². The fourth-order valence-electron chi connectivity index (χ4n) is 2.75. The summed E-state index contributed by atoms with van der Waals surface area (Å²) in [5, 5.41) is 0. The molecule has 0 aliphatic carbocycles. The summed E-state index contributed by atoms with van der Waals surface area (Å²) in [6.07, 6.45) is 1.46. The van der Waals surface area contributed by atoms with Gasteiger partial charge in [-0.1, -0.05) is 26.0 Å². The number of rotatable bonds is 7. The third-order valence-electron chi connectivity index (χ3n) is 4.62. The fraction of sp³-hybridized carbons (Fsp3) is 0.588. The molecule has 1 amide bonds. The summed E-state index contributed by atoms with van der Waals surface area (Å²) in [5.74, 6) is -0.173. The van der Waals surface area contributed by atoms with E-state index in [0.717, 1.165) is 18.4 Å². The minimum Gasteiger partial charge on any atom is -0.336 e. The van der Waals surface area contributed by atoms with E-state index in [2.05, 4.69) is 0 Å². The molecule has 1 aromatic rings. The molecule has 1 aromatic carbocycles. The third kappa shape index (κ3) is 3.62. The van der Waals surface area contributed by atoms with Crippen molar-refractivity contribution in [1.82, 2.24) is 4.90 Å². The molecule has 4 heteroatoms. The number of hydrogen-bond donors (Lipinski definition) is 1. The lowest BCUT2D eigenvalue weighted by atomic mass is 9.80. The van der Waals surface area contributed by atoms with Gasteiger partial charge in [0, 0.05) is 13.1 Å². The van der Waals surface area contributed by atoms with E-state index in [4.69, 9.17) is 5.73 Å². The van der Waals surface area contributed by atoms with Crippen molar-refractivity contribution in [2.24, 2.45) is 11.1 Å². The minimum atomic E-state index is -0.496. The fourth-order valence-corrected chi connectivity index (χ4v) is 2.75. The molecule has 0 aromatic heterocycles. The predicted octanol–water partition coefficient (Wildman–Crippen LogP) is 3.50. The molecule has 0 bridgehead atoms. The Labute approximate surface area is 127 Å². The summed E-state index contributed by atoms with van der Waals surface area (Å²) in [6.45, 7) is 8.91. The highest BCUT2D eigenvalue weighted by atomic mass is 19.1. The lowest BCUT2D eigenvalue weighted by molar-refractivity contribution is -0.144. The summed E-state index contributed by atoms with van der Waals surface area (Å²) in [4.78, 5) is 14.8.